The summed E-state index contributed by atoms with van der Waals surface area (Å²) in [5.74, 6) is 0.680. The molecule has 0 amide bonds. The zero-order valence-corrected chi connectivity index (χ0v) is 9.46. The van der Waals surface area contributed by atoms with Crippen molar-refractivity contribution in [2.24, 2.45) is 4.99 Å². The van der Waals surface area contributed by atoms with Crippen LogP contribution in [0.15, 0.2) is 23.2 Å². The maximum Gasteiger partial charge on any atom is 0.235 e. The summed E-state index contributed by atoms with van der Waals surface area (Å²) in [5.41, 5.74) is 2.03. The van der Waals surface area contributed by atoms with E-state index in [0.29, 0.717) is 12.5 Å². The summed E-state index contributed by atoms with van der Waals surface area (Å²) in [7, 11) is 0. The average molecular weight is 230 g/mol. The molecule has 1 aromatic heterocycles. The molecular weight excluding hydrogens is 220 g/mol. The molecule has 0 N–H and O–H groups in total. The normalized spacial score (nSPS) is 15.0. The van der Waals surface area contributed by atoms with E-state index in [1.807, 2.05) is 12.1 Å². The molecule has 0 spiro atoms. The molecule has 3 rings (SSSR count). The van der Waals surface area contributed by atoms with Gasteiger partial charge in [-0.25, -0.2) is 14.8 Å². The molecule has 1 aliphatic rings. The zero-order chi connectivity index (χ0) is 11.0. The molecule has 1 aliphatic carbocycles. The first-order valence-electron chi connectivity index (χ1n) is 5.30. The van der Waals surface area contributed by atoms with E-state index in [0.717, 1.165) is 11.1 Å². The van der Waals surface area contributed by atoms with Crippen LogP contribution in [-0.2, 0) is 11.3 Å². The number of fused-ring (bicyclic) bond motifs is 1. The number of isocyanates is 1. The molecule has 0 aliphatic heterocycles. The Labute approximate surface area is 96.8 Å². The Hall–Kier alpha value is -1.51. The fourth-order valence-electron chi connectivity index (χ4n) is 1.77. The lowest BCUT2D eigenvalue weighted by atomic mass is 10.2. The molecule has 2 aromatic rings. The van der Waals surface area contributed by atoms with Crippen LogP contribution in [0, 0.1) is 0 Å². The third-order valence-electron chi connectivity index (χ3n) is 2.76. The number of thiazole rings is 1. The average Bonchev–Trinajstić information content (AvgIpc) is 3.06. The summed E-state index contributed by atoms with van der Waals surface area (Å²) in [4.78, 5) is 18.4. The SMILES string of the molecule is O=C=NCc1cccc2sc(C3CC3)nc12. The van der Waals surface area contributed by atoms with Crippen molar-refractivity contribution < 1.29 is 4.79 Å². The monoisotopic (exact) mass is 230 g/mol. The summed E-state index contributed by atoms with van der Waals surface area (Å²) in [6.07, 6.45) is 4.10. The highest BCUT2D eigenvalue weighted by molar-refractivity contribution is 7.18. The van der Waals surface area contributed by atoms with Crippen LogP contribution < -0.4 is 0 Å². The van der Waals surface area contributed by atoms with Crippen LogP contribution in [0.3, 0.4) is 0 Å². The van der Waals surface area contributed by atoms with Crippen molar-refractivity contribution in [2.75, 3.05) is 0 Å². The van der Waals surface area contributed by atoms with Gasteiger partial charge in [0, 0.05) is 11.5 Å². The highest BCUT2D eigenvalue weighted by Gasteiger charge is 2.27. The molecular formula is C12H10N2OS. The second-order valence-corrected chi connectivity index (χ2v) is 5.06. The van der Waals surface area contributed by atoms with Crippen molar-refractivity contribution in [2.45, 2.75) is 25.3 Å². The number of hydrogen-bond donors (Lipinski definition) is 0. The highest BCUT2D eigenvalue weighted by Crippen LogP contribution is 2.43. The lowest BCUT2D eigenvalue weighted by Gasteiger charge is -1.95. The lowest BCUT2D eigenvalue weighted by molar-refractivity contribution is 0.563. The largest absolute Gasteiger partial charge is 0.241 e. The van der Waals surface area contributed by atoms with Gasteiger partial charge in [-0.2, -0.15) is 0 Å². The fourth-order valence-corrected chi connectivity index (χ4v) is 2.96. The Morgan fingerprint density at radius 2 is 2.38 bits per heavy atom. The molecule has 1 aromatic carbocycles. The summed E-state index contributed by atoms with van der Waals surface area (Å²) < 4.78 is 1.19. The fraction of sp³-hybridized carbons (Fsp3) is 0.333. The van der Waals surface area contributed by atoms with Crippen LogP contribution in [0.2, 0.25) is 0 Å². The van der Waals surface area contributed by atoms with Crippen molar-refractivity contribution in [3.8, 4) is 0 Å². The summed E-state index contributed by atoms with van der Waals surface area (Å²) in [5, 5.41) is 1.23. The van der Waals surface area contributed by atoms with Gasteiger partial charge < -0.3 is 0 Å². The third kappa shape index (κ3) is 1.66. The molecule has 0 bridgehead atoms. The maximum absolute atomic E-state index is 10.1. The topological polar surface area (TPSA) is 42.3 Å². The van der Waals surface area contributed by atoms with Gasteiger partial charge in [-0.05, 0) is 18.9 Å². The Bertz CT molecular complexity index is 580. The van der Waals surface area contributed by atoms with Crippen LogP contribution in [0.25, 0.3) is 10.2 Å². The number of aliphatic imine (C=N–C) groups is 1. The van der Waals surface area contributed by atoms with E-state index in [-0.39, 0.29) is 0 Å². The number of nitrogens with zero attached hydrogens (tertiary/aromatic N) is 2. The van der Waals surface area contributed by atoms with Gasteiger partial charge in [-0.3, -0.25) is 0 Å². The maximum atomic E-state index is 10.1. The van der Waals surface area contributed by atoms with Gasteiger partial charge in [0.15, 0.2) is 0 Å². The predicted octanol–water partition coefficient (Wildman–Crippen LogP) is 3.01. The summed E-state index contributed by atoms with van der Waals surface area (Å²) in [6.45, 7) is 0.384. The van der Waals surface area contributed by atoms with Crippen molar-refractivity contribution in [3.63, 3.8) is 0 Å². The molecule has 1 saturated carbocycles. The zero-order valence-electron chi connectivity index (χ0n) is 8.64. The Balaban J connectivity index is 2.09. The van der Waals surface area contributed by atoms with Gasteiger partial charge >= 0.3 is 0 Å². The number of aromatic nitrogens is 1. The Kier molecular flexibility index (Phi) is 2.31. The van der Waals surface area contributed by atoms with E-state index in [9.17, 15) is 4.79 Å². The van der Waals surface area contributed by atoms with Crippen LogP contribution in [-0.4, -0.2) is 11.1 Å². The first-order chi connectivity index (χ1) is 7.88. The van der Waals surface area contributed by atoms with Gasteiger partial charge in [0.05, 0.1) is 21.8 Å². The first kappa shape index (κ1) is 9.70. The van der Waals surface area contributed by atoms with Crippen molar-refractivity contribution in [1.82, 2.24) is 4.98 Å². The number of benzene rings is 1. The van der Waals surface area contributed by atoms with Gasteiger partial charge in [0.2, 0.25) is 6.08 Å². The molecule has 0 saturated heterocycles. The van der Waals surface area contributed by atoms with E-state index in [2.05, 4.69) is 16.0 Å². The smallest absolute Gasteiger partial charge is 0.235 e. The minimum Gasteiger partial charge on any atom is -0.241 e. The molecule has 0 unspecified atom stereocenters. The van der Waals surface area contributed by atoms with Gasteiger partial charge in [0.1, 0.15) is 0 Å². The second-order valence-electron chi connectivity index (χ2n) is 4.00. The third-order valence-corrected chi connectivity index (χ3v) is 3.94. The van der Waals surface area contributed by atoms with Gasteiger partial charge in [-0.15, -0.1) is 11.3 Å². The minimum atomic E-state index is 0.384. The van der Waals surface area contributed by atoms with Gasteiger partial charge in [-0.1, -0.05) is 12.1 Å². The van der Waals surface area contributed by atoms with Crippen molar-refractivity contribution in [3.05, 3.63) is 28.8 Å². The molecule has 80 valence electrons. The summed E-state index contributed by atoms with van der Waals surface area (Å²) >= 11 is 1.76. The molecule has 3 nitrogen and oxygen atoms in total. The Morgan fingerprint density at radius 1 is 1.50 bits per heavy atom. The molecule has 0 radical (unpaired) electrons. The summed E-state index contributed by atoms with van der Waals surface area (Å²) in [6, 6.07) is 6.04. The lowest BCUT2D eigenvalue weighted by Crippen LogP contribution is -1.84. The highest BCUT2D eigenvalue weighted by atomic mass is 32.1. The van der Waals surface area contributed by atoms with E-state index in [1.165, 1.54) is 22.5 Å². The number of rotatable bonds is 3. The molecule has 1 heterocycles. The number of para-hydroxylation sites is 1. The predicted molar refractivity (Wildman–Crippen MR) is 63.4 cm³/mol. The van der Waals surface area contributed by atoms with Crippen molar-refractivity contribution >= 4 is 27.6 Å². The quantitative estimate of drug-likeness (QED) is 0.601. The standard InChI is InChI=1S/C12H10N2OS/c15-7-13-6-9-2-1-3-10-11(9)14-12(16-10)8-4-5-8/h1-3,8H,4-6H2. The Morgan fingerprint density at radius 3 is 3.12 bits per heavy atom. The molecule has 0 atom stereocenters. The van der Waals surface area contributed by atoms with Crippen LogP contribution in [0.1, 0.15) is 29.3 Å². The molecule has 16 heavy (non-hydrogen) atoms. The van der Waals surface area contributed by atoms with Crippen LogP contribution >= 0.6 is 11.3 Å². The van der Waals surface area contributed by atoms with Crippen molar-refractivity contribution in [1.29, 1.82) is 0 Å². The van der Waals surface area contributed by atoms with E-state index < -0.39 is 0 Å². The van der Waals surface area contributed by atoms with E-state index in [4.69, 9.17) is 0 Å². The van der Waals surface area contributed by atoms with Crippen LogP contribution in [0.4, 0.5) is 0 Å². The first-order valence-corrected chi connectivity index (χ1v) is 6.12. The van der Waals surface area contributed by atoms with E-state index in [1.54, 1.807) is 17.4 Å². The van der Waals surface area contributed by atoms with Gasteiger partial charge in [0.25, 0.3) is 0 Å². The number of hydrogen-bond acceptors (Lipinski definition) is 4. The minimum absolute atomic E-state index is 0.384. The number of carbonyl (C=O) groups excluding carboxylic acids is 1. The van der Waals surface area contributed by atoms with E-state index >= 15 is 0 Å². The molecule has 1 fully saturated rings. The molecule has 4 heteroatoms. The van der Waals surface area contributed by atoms with Crippen LogP contribution in [0.5, 0.6) is 0 Å². The second kappa shape index (κ2) is 3.81.